The second-order valence-electron chi connectivity index (χ2n) is 2.05. The zero-order valence-electron chi connectivity index (χ0n) is 5.53. The zero-order valence-corrected chi connectivity index (χ0v) is 6.35. The smallest absolute Gasteiger partial charge is 0.157 e. The molecule has 53 valence electrons. The van der Waals surface area contributed by atoms with Gasteiger partial charge in [0.2, 0.25) is 0 Å². The molecule has 1 radical (unpaired) electrons. The SMILES string of the molecule is S=c1[c]nc2cccnc2[nH]1. The molecule has 0 spiro atoms. The molecule has 2 rings (SSSR count). The summed E-state index contributed by atoms with van der Waals surface area (Å²) in [6.45, 7) is 0. The third-order valence-corrected chi connectivity index (χ3v) is 1.49. The first-order valence-electron chi connectivity index (χ1n) is 3.09. The Hall–Kier alpha value is -1.29. The first-order chi connectivity index (χ1) is 5.36. The summed E-state index contributed by atoms with van der Waals surface area (Å²) in [5.74, 6) is 0. The summed E-state index contributed by atoms with van der Waals surface area (Å²) in [6, 6.07) is 3.67. The highest BCUT2D eigenvalue weighted by Gasteiger charge is 1.91. The number of fused-ring (bicyclic) bond motifs is 1. The van der Waals surface area contributed by atoms with Gasteiger partial charge in [0.1, 0.15) is 16.4 Å². The molecular formula is C7H4N3S. The molecule has 2 heterocycles. The molecule has 0 saturated heterocycles. The number of rotatable bonds is 0. The average Bonchev–Trinajstić information content (AvgIpc) is 2.04. The van der Waals surface area contributed by atoms with Crippen molar-refractivity contribution in [1.29, 1.82) is 0 Å². The molecule has 0 unspecified atom stereocenters. The van der Waals surface area contributed by atoms with E-state index in [1.165, 1.54) is 0 Å². The van der Waals surface area contributed by atoms with Crippen molar-refractivity contribution in [2.45, 2.75) is 0 Å². The van der Waals surface area contributed by atoms with Crippen LogP contribution < -0.4 is 0 Å². The second-order valence-corrected chi connectivity index (χ2v) is 2.46. The molecule has 0 aliphatic rings. The van der Waals surface area contributed by atoms with Crippen LogP contribution in [0.3, 0.4) is 0 Å². The highest BCUT2D eigenvalue weighted by molar-refractivity contribution is 7.71. The quantitative estimate of drug-likeness (QED) is 0.597. The van der Waals surface area contributed by atoms with E-state index in [4.69, 9.17) is 12.2 Å². The van der Waals surface area contributed by atoms with Crippen LogP contribution in [-0.4, -0.2) is 15.0 Å². The van der Waals surface area contributed by atoms with Crippen molar-refractivity contribution < 1.29 is 0 Å². The van der Waals surface area contributed by atoms with Crippen LogP contribution in [0.2, 0.25) is 0 Å². The van der Waals surface area contributed by atoms with Crippen LogP contribution in [-0.2, 0) is 0 Å². The summed E-state index contributed by atoms with van der Waals surface area (Å²) in [4.78, 5) is 10.9. The minimum atomic E-state index is 0.483. The Bertz CT molecular complexity index is 435. The van der Waals surface area contributed by atoms with Crippen molar-refractivity contribution in [3.8, 4) is 0 Å². The molecule has 1 N–H and O–H groups in total. The van der Waals surface area contributed by atoms with Crippen molar-refractivity contribution in [1.82, 2.24) is 15.0 Å². The van der Waals surface area contributed by atoms with Gasteiger partial charge in [0.25, 0.3) is 0 Å². The zero-order chi connectivity index (χ0) is 7.68. The van der Waals surface area contributed by atoms with Crippen molar-refractivity contribution in [2.24, 2.45) is 0 Å². The van der Waals surface area contributed by atoms with E-state index in [9.17, 15) is 0 Å². The number of hydrogen-bond donors (Lipinski definition) is 1. The van der Waals surface area contributed by atoms with Gasteiger partial charge in [-0.2, -0.15) is 0 Å². The Kier molecular flexibility index (Phi) is 1.40. The van der Waals surface area contributed by atoms with Crippen LogP contribution in [0, 0.1) is 10.8 Å². The van der Waals surface area contributed by atoms with Crippen LogP contribution in [0.4, 0.5) is 0 Å². The van der Waals surface area contributed by atoms with Gasteiger partial charge in [0, 0.05) is 6.20 Å². The summed E-state index contributed by atoms with van der Waals surface area (Å²) in [5, 5.41) is 0. The van der Waals surface area contributed by atoms with Gasteiger partial charge >= 0.3 is 0 Å². The summed E-state index contributed by atoms with van der Waals surface area (Å²) in [6.07, 6.45) is 4.33. The fourth-order valence-corrected chi connectivity index (χ4v) is 0.972. The van der Waals surface area contributed by atoms with E-state index in [1.54, 1.807) is 6.20 Å². The van der Waals surface area contributed by atoms with Gasteiger partial charge in [-0.25, -0.2) is 9.97 Å². The van der Waals surface area contributed by atoms with Crippen LogP contribution >= 0.6 is 12.2 Å². The van der Waals surface area contributed by atoms with Gasteiger partial charge in [-0.15, -0.1) is 0 Å². The van der Waals surface area contributed by atoms with Crippen molar-refractivity contribution in [3.05, 3.63) is 29.2 Å². The van der Waals surface area contributed by atoms with E-state index in [-0.39, 0.29) is 0 Å². The molecule has 0 fully saturated rings. The maximum Gasteiger partial charge on any atom is 0.157 e. The largest absolute Gasteiger partial charge is 0.328 e. The first kappa shape index (κ1) is 6.42. The molecule has 11 heavy (non-hydrogen) atoms. The molecule has 0 aliphatic carbocycles. The van der Waals surface area contributed by atoms with E-state index in [0.29, 0.717) is 10.3 Å². The third kappa shape index (κ3) is 1.12. The number of aromatic amines is 1. The van der Waals surface area contributed by atoms with E-state index in [1.807, 2.05) is 12.1 Å². The summed E-state index contributed by atoms with van der Waals surface area (Å²) in [5.41, 5.74) is 1.48. The number of pyridine rings is 1. The molecule has 0 aliphatic heterocycles. The van der Waals surface area contributed by atoms with E-state index in [2.05, 4.69) is 21.1 Å². The number of aromatic nitrogens is 3. The van der Waals surface area contributed by atoms with Crippen LogP contribution in [0.15, 0.2) is 18.3 Å². The fourth-order valence-electron chi connectivity index (χ4n) is 0.830. The maximum absolute atomic E-state index is 4.83. The average molecular weight is 162 g/mol. The van der Waals surface area contributed by atoms with Crippen LogP contribution in [0.5, 0.6) is 0 Å². The van der Waals surface area contributed by atoms with Gasteiger partial charge < -0.3 is 4.98 Å². The Labute approximate surface area is 68.1 Å². The maximum atomic E-state index is 4.83. The highest BCUT2D eigenvalue weighted by Crippen LogP contribution is 2.01. The number of nitrogens with zero attached hydrogens (tertiary/aromatic N) is 2. The molecule has 4 heteroatoms. The monoisotopic (exact) mass is 162 g/mol. The number of nitrogens with one attached hydrogen (secondary N) is 1. The van der Waals surface area contributed by atoms with Gasteiger partial charge in [0.05, 0.1) is 0 Å². The molecule has 0 amide bonds. The lowest BCUT2D eigenvalue weighted by atomic mass is 10.4. The molecule has 2 aromatic heterocycles. The van der Waals surface area contributed by atoms with E-state index >= 15 is 0 Å². The molecule has 0 bridgehead atoms. The van der Waals surface area contributed by atoms with Gasteiger partial charge in [-0.05, 0) is 12.1 Å². The lowest BCUT2D eigenvalue weighted by Crippen LogP contribution is -1.85. The van der Waals surface area contributed by atoms with Gasteiger partial charge in [-0.1, -0.05) is 12.2 Å². The molecule has 0 saturated carbocycles. The van der Waals surface area contributed by atoms with Crippen LogP contribution in [0.1, 0.15) is 0 Å². The Morgan fingerprint density at radius 1 is 1.55 bits per heavy atom. The summed E-state index contributed by atoms with van der Waals surface area (Å²) in [7, 11) is 0. The predicted octanol–water partition coefficient (Wildman–Crippen LogP) is 1.49. The predicted molar refractivity (Wildman–Crippen MR) is 43.6 cm³/mol. The summed E-state index contributed by atoms with van der Waals surface area (Å²) >= 11 is 4.83. The standard InChI is InChI=1S/C7H4N3S/c11-6-4-9-5-2-1-3-8-7(5)10-6/h1-3H,(H,8,10,11). The van der Waals surface area contributed by atoms with Crippen molar-refractivity contribution in [3.63, 3.8) is 0 Å². The normalized spacial score (nSPS) is 10.2. The lowest BCUT2D eigenvalue weighted by molar-refractivity contribution is 1.20. The van der Waals surface area contributed by atoms with E-state index in [0.717, 1.165) is 5.52 Å². The number of hydrogen-bond acceptors (Lipinski definition) is 3. The molecule has 0 aromatic carbocycles. The highest BCUT2D eigenvalue weighted by atomic mass is 32.1. The van der Waals surface area contributed by atoms with Crippen molar-refractivity contribution >= 4 is 23.4 Å². The summed E-state index contributed by atoms with van der Waals surface area (Å²) < 4.78 is 0.483. The Morgan fingerprint density at radius 2 is 2.45 bits per heavy atom. The molecule has 0 atom stereocenters. The molecule has 3 nitrogen and oxygen atoms in total. The minimum absolute atomic E-state index is 0.483. The Morgan fingerprint density at radius 3 is 3.36 bits per heavy atom. The van der Waals surface area contributed by atoms with Crippen LogP contribution in [0.25, 0.3) is 11.2 Å². The number of H-pyrrole nitrogens is 1. The topological polar surface area (TPSA) is 41.6 Å². The van der Waals surface area contributed by atoms with Gasteiger partial charge in [0.15, 0.2) is 5.65 Å². The second kappa shape index (κ2) is 2.39. The Balaban J connectivity index is 2.94. The van der Waals surface area contributed by atoms with Gasteiger partial charge in [-0.3, -0.25) is 0 Å². The lowest BCUT2D eigenvalue weighted by Gasteiger charge is -1.91. The third-order valence-electron chi connectivity index (χ3n) is 1.30. The fraction of sp³-hybridized carbons (Fsp3) is 0. The minimum Gasteiger partial charge on any atom is -0.328 e. The van der Waals surface area contributed by atoms with E-state index < -0.39 is 0 Å². The molecule has 2 aromatic rings. The molecular weight excluding hydrogens is 158 g/mol. The first-order valence-corrected chi connectivity index (χ1v) is 3.50. The van der Waals surface area contributed by atoms with Crippen molar-refractivity contribution in [2.75, 3.05) is 0 Å².